The number of thiophene rings is 1. The molecule has 4 heterocycles. The molecule has 180 valence electrons. The molecule has 35 heavy (non-hydrogen) atoms. The maximum atomic E-state index is 7.67. The Labute approximate surface area is 214 Å². The molecule has 0 bridgehead atoms. The summed E-state index contributed by atoms with van der Waals surface area (Å²) in [5.74, 6) is 2.52. The van der Waals surface area contributed by atoms with Crippen molar-refractivity contribution in [3.63, 3.8) is 0 Å². The second-order valence-corrected chi connectivity index (χ2v) is 8.60. The van der Waals surface area contributed by atoms with Crippen molar-refractivity contribution >= 4 is 69.9 Å². The quantitative estimate of drug-likeness (QED) is 0.151. The van der Waals surface area contributed by atoms with E-state index in [4.69, 9.17) is 41.7 Å². The van der Waals surface area contributed by atoms with E-state index in [0.717, 1.165) is 31.8 Å². The molecule has 0 aliphatic carbocycles. The summed E-state index contributed by atoms with van der Waals surface area (Å²) in [6.07, 6.45) is 0. The van der Waals surface area contributed by atoms with Gasteiger partial charge in [0.2, 0.25) is 0 Å². The maximum absolute atomic E-state index is 7.67. The lowest BCUT2D eigenvalue weighted by molar-refractivity contribution is 0.174. The smallest absolute Gasteiger partial charge is 0.183 e. The zero-order chi connectivity index (χ0) is 22.7. The highest BCUT2D eigenvalue weighted by atomic mass is 35.5. The summed E-state index contributed by atoms with van der Waals surface area (Å²) in [7, 11) is 0. The first-order chi connectivity index (χ1) is 16.0. The largest absolute Gasteiger partial charge is 0.484 e. The fraction of sp³-hybridized carbons (Fsp3) is 0.0909. The number of halogens is 2. The number of fused-ring (bicyclic) bond motifs is 3. The minimum atomic E-state index is -0.00149. The molecular weight excluding hydrogens is 511 g/mol. The molecule has 1 aliphatic rings. The number of rotatable bonds is 4. The molecule has 0 atom stereocenters. The molecule has 0 saturated heterocycles. The van der Waals surface area contributed by atoms with E-state index < -0.39 is 0 Å². The van der Waals surface area contributed by atoms with E-state index in [1.165, 1.54) is 11.3 Å². The van der Waals surface area contributed by atoms with Gasteiger partial charge in [-0.05, 0) is 36.4 Å². The van der Waals surface area contributed by atoms with E-state index in [2.05, 4.69) is 9.97 Å². The standard InChI is InChI=1S/C22H18N8O2S.2ClH/c23-19(24)9-1-3-11-13(7-9)29-21(27-11)17-15-16(32-6-5-31-15)18(33-17)22-28-12-4-2-10(20(25)26)8-14(12)30-22;;/h1-4,7-8H,5-6H2,(H3,23,24)(H3,25,26)(H,27,29)(H,28,30);2*1H. The summed E-state index contributed by atoms with van der Waals surface area (Å²) in [6.45, 7) is 0.875. The fourth-order valence-electron chi connectivity index (χ4n) is 3.83. The van der Waals surface area contributed by atoms with Crippen LogP contribution < -0.4 is 20.9 Å². The Hall–Kier alpha value is -3.80. The van der Waals surface area contributed by atoms with Gasteiger partial charge in [0.15, 0.2) is 23.1 Å². The molecule has 5 aromatic rings. The van der Waals surface area contributed by atoms with Gasteiger partial charge in [-0.3, -0.25) is 10.8 Å². The molecular formula is C22H20Cl2N8O2S. The van der Waals surface area contributed by atoms with E-state index >= 15 is 0 Å². The van der Waals surface area contributed by atoms with Gasteiger partial charge in [-0.25, -0.2) is 9.97 Å². The van der Waals surface area contributed by atoms with Gasteiger partial charge < -0.3 is 30.9 Å². The second kappa shape index (κ2) is 9.10. The highest BCUT2D eigenvalue weighted by molar-refractivity contribution is 7.19. The number of aromatic amines is 2. The molecule has 2 aromatic carbocycles. The maximum Gasteiger partial charge on any atom is 0.183 e. The third-order valence-electron chi connectivity index (χ3n) is 5.41. The van der Waals surface area contributed by atoms with Gasteiger partial charge in [0.25, 0.3) is 0 Å². The van der Waals surface area contributed by atoms with Crippen molar-refractivity contribution < 1.29 is 9.47 Å². The highest BCUT2D eigenvalue weighted by Gasteiger charge is 2.29. The Morgan fingerprint density at radius 1 is 0.771 bits per heavy atom. The molecule has 0 spiro atoms. The number of hydrogen-bond donors (Lipinski definition) is 6. The normalized spacial score (nSPS) is 12.2. The van der Waals surface area contributed by atoms with Crippen LogP contribution in [0.25, 0.3) is 43.5 Å². The average molecular weight is 531 g/mol. The number of ether oxygens (including phenoxy) is 2. The van der Waals surface area contributed by atoms with Crippen LogP contribution >= 0.6 is 36.2 Å². The number of H-pyrrole nitrogens is 2. The molecule has 0 radical (unpaired) electrons. The Bertz CT molecular complexity index is 1490. The first-order valence-electron chi connectivity index (χ1n) is 10.1. The number of imidazole rings is 2. The minimum absolute atomic E-state index is 0. The third kappa shape index (κ3) is 4.03. The van der Waals surface area contributed by atoms with Crippen LogP contribution in [0.5, 0.6) is 11.5 Å². The number of nitrogens with zero attached hydrogens (tertiary/aromatic N) is 2. The van der Waals surface area contributed by atoms with Crippen LogP contribution in [0.4, 0.5) is 0 Å². The zero-order valence-corrected chi connectivity index (χ0v) is 20.4. The Morgan fingerprint density at radius 2 is 1.20 bits per heavy atom. The molecule has 6 rings (SSSR count). The summed E-state index contributed by atoms with van der Waals surface area (Å²) in [5, 5.41) is 15.3. The number of amidine groups is 2. The van der Waals surface area contributed by atoms with Crippen LogP contribution in [-0.2, 0) is 0 Å². The van der Waals surface area contributed by atoms with Crippen LogP contribution in [0.15, 0.2) is 36.4 Å². The lowest BCUT2D eigenvalue weighted by Crippen LogP contribution is -2.15. The Kier molecular flexibility index (Phi) is 6.32. The summed E-state index contributed by atoms with van der Waals surface area (Å²) in [5.41, 5.74) is 15.6. The number of nitrogen functional groups attached to an aromatic ring is 2. The number of benzene rings is 2. The number of nitrogens with one attached hydrogen (secondary N) is 4. The van der Waals surface area contributed by atoms with Crippen LogP contribution in [0.1, 0.15) is 11.1 Å². The molecule has 0 fully saturated rings. The average Bonchev–Trinajstić information content (AvgIpc) is 3.51. The topological polar surface area (TPSA) is 176 Å². The van der Waals surface area contributed by atoms with Crippen molar-refractivity contribution in [3.8, 4) is 32.9 Å². The molecule has 10 nitrogen and oxygen atoms in total. The lowest BCUT2D eigenvalue weighted by Gasteiger charge is -2.16. The summed E-state index contributed by atoms with van der Waals surface area (Å²) in [6, 6.07) is 10.8. The first kappa shape index (κ1) is 24.3. The van der Waals surface area contributed by atoms with Crippen LogP contribution in [0.2, 0.25) is 0 Å². The summed E-state index contributed by atoms with van der Waals surface area (Å²) in [4.78, 5) is 17.6. The molecule has 8 N–H and O–H groups in total. The van der Waals surface area contributed by atoms with Crippen molar-refractivity contribution in [2.75, 3.05) is 13.2 Å². The first-order valence-corrected chi connectivity index (χ1v) is 10.9. The van der Waals surface area contributed by atoms with Gasteiger partial charge in [0.1, 0.15) is 34.6 Å². The molecule has 13 heteroatoms. The van der Waals surface area contributed by atoms with E-state index in [-0.39, 0.29) is 36.5 Å². The van der Waals surface area contributed by atoms with Crippen LogP contribution in [0, 0.1) is 10.8 Å². The summed E-state index contributed by atoms with van der Waals surface area (Å²) < 4.78 is 12.0. The predicted octanol–water partition coefficient (Wildman–Crippen LogP) is 4.02. The number of nitrogens with two attached hydrogens (primary N) is 2. The van der Waals surface area contributed by atoms with Gasteiger partial charge in [-0.15, -0.1) is 36.2 Å². The van der Waals surface area contributed by atoms with E-state index in [9.17, 15) is 0 Å². The Balaban J connectivity index is 0.00000144. The highest BCUT2D eigenvalue weighted by Crippen LogP contribution is 2.52. The minimum Gasteiger partial charge on any atom is -0.484 e. The SMILES string of the molecule is Cl.Cl.N=C(N)c1ccc2nc(-c3sc(-c4nc5ccc(C(=N)N)cc5[nH]4)c4c3OCCO4)[nH]c2c1. The lowest BCUT2D eigenvalue weighted by atomic mass is 10.2. The number of aromatic nitrogens is 4. The predicted molar refractivity (Wildman–Crippen MR) is 142 cm³/mol. The van der Waals surface area contributed by atoms with Crippen molar-refractivity contribution in [3.05, 3.63) is 47.5 Å². The van der Waals surface area contributed by atoms with Crippen molar-refractivity contribution in [1.29, 1.82) is 10.8 Å². The van der Waals surface area contributed by atoms with Crippen LogP contribution in [-0.4, -0.2) is 44.8 Å². The zero-order valence-electron chi connectivity index (χ0n) is 18.0. The van der Waals surface area contributed by atoms with Gasteiger partial charge in [0, 0.05) is 11.1 Å². The number of hydrogen-bond acceptors (Lipinski definition) is 7. The van der Waals surface area contributed by atoms with Crippen LogP contribution in [0.3, 0.4) is 0 Å². The molecule has 0 amide bonds. The van der Waals surface area contributed by atoms with Gasteiger partial charge in [-0.1, -0.05) is 0 Å². The van der Waals surface area contributed by atoms with E-state index in [1.807, 2.05) is 12.1 Å². The van der Waals surface area contributed by atoms with Gasteiger partial charge >= 0.3 is 0 Å². The van der Waals surface area contributed by atoms with Gasteiger partial charge in [0.05, 0.1) is 22.1 Å². The van der Waals surface area contributed by atoms with Crippen molar-refractivity contribution in [2.24, 2.45) is 11.5 Å². The second-order valence-electron chi connectivity index (χ2n) is 7.58. The fourth-order valence-corrected chi connectivity index (χ4v) is 4.91. The third-order valence-corrected chi connectivity index (χ3v) is 6.58. The molecule has 3 aromatic heterocycles. The van der Waals surface area contributed by atoms with E-state index in [0.29, 0.717) is 47.5 Å². The van der Waals surface area contributed by atoms with Crippen molar-refractivity contribution in [1.82, 2.24) is 19.9 Å². The van der Waals surface area contributed by atoms with Gasteiger partial charge in [-0.2, -0.15) is 0 Å². The molecule has 0 saturated carbocycles. The van der Waals surface area contributed by atoms with E-state index in [1.54, 1.807) is 24.3 Å². The van der Waals surface area contributed by atoms with Crippen molar-refractivity contribution in [2.45, 2.75) is 0 Å². The molecule has 0 unspecified atom stereocenters. The summed E-state index contributed by atoms with van der Waals surface area (Å²) >= 11 is 1.46. The monoisotopic (exact) mass is 530 g/mol. The molecule has 1 aliphatic heterocycles. The Morgan fingerprint density at radius 3 is 1.60 bits per heavy atom.